The van der Waals surface area contributed by atoms with Crippen LogP contribution in [-0.4, -0.2) is 27.9 Å². The van der Waals surface area contributed by atoms with Gasteiger partial charge >= 0.3 is 0 Å². The van der Waals surface area contributed by atoms with Crippen molar-refractivity contribution in [1.29, 1.82) is 0 Å². The van der Waals surface area contributed by atoms with Crippen molar-refractivity contribution in [2.45, 2.75) is 53.0 Å². The van der Waals surface area contributed by atoms with Crippen LogP contribution < -0.4 is 5.32 Å². The van der Waals surface area contributed by atoms with Gasteiger partial charge in [-0.3, -0.25) is 4.68 Å². The van der Waals surface area contributed by atoms with Gasteiger partial charge in [-0.15, -0.1) is 0 Å². The van der Waals surface area contributed by atoms with Gasteiger partial charge in [-0.25, -0.2) is 4.98 Å². The molecule has 1 aliphatic rings. The maximum absolute atomic E-state index is 4.43. The molecule has 0 saturated heterocycles. The van der Waals surface area contributed by atoms with E-state index >= 15 is 0 Å². The van der Waals surface area contributed by atoms with Crippen molar-refractivity contribution >= 4 is 0 Å². The van der Waals surface area contributed by atoms with E-state index in [1.54, 1.807) is 6.33 Å². The summed E-state index contributed by atoms with van der Waals surface area (Å²) in [5.74, 6) is 3.57. The molecule has 4 heteroatoms. The van der Waals surface area contributed by atoms with E-state index in [1.807, 2.05) is 0 Å². The minimum atomic E-state index is 0.742. The lowest BCUT2D eigenvalue weighted by Crippen LogP contribution is -2.38. The Morgan fingerprint density at radius 2 is 2.16 bits per heavy atom. The molecule has 0 spiro atoms. The summed E-state index contributed by atoms with van der Waals surface area (Å²) in [6, 6.07) is 0. The molecule has 1 aromatic heterocycles. The molecule has 2 atom stereocenters. The zero-order valence-corrected chi connectivity index (χ0v) is 12.6. The fourth-order valence-corrected chi connectivity index (χ4v) is 2.81. The first-order valence-corrected chi connectivity index (χ1v) is 7.78. The Labute approximate surface area is 117 Å². The van der Waals surface area contributed by atoms with Gasteiger partial charge in [0.15, 0.2) is 0 Å². The van der Waals surface area contributed by atoms with E-state index in [-0.39, 0.29) is 0 Å². The Kier molecular flexibility index (Phi) is 5.37. The number of aryl methyl sites for hydroxylation is 1. The van der Waals surface area contributed by atoms with Crippen LogP contribution in [0.4, 0.5) is 0 Å². The van der Waals surface area contributed by atoms with Crippen molar-refractivity contribution in [2.75, 3.05) is 13.1 Å². The maximum Gasteiger partial charge on any atom is 0.138 e. The van der Waals surface area contributed by atoms with Crippen LogP contribution in [0.15, 0.2) is 6.33 Å². The summed E-state index contributed by atoms with van der Waals surface area (Å²) in [5, 5.41) is 7.91. The van der Waals surface area contributed by atoms with Gasteiger partial charge in [-0.2, -0.15) is 5.10 Å². The second-order valence-electron chi connectivity index (χ2n) is 6.25. The summed E-state index contributed by atoms with van der Waals surface area (Å²) in [7, 11) is 0. The highest BCUT2D eigenvalue weighted by atomic mass is 15.3. The van der Waals surface area contributed by atoms with Gasteiger partial charge in [0, 0.05) is 13.0 Å². The molecule has 19 heavy (non-hydrogen) atoms. The summed E-state index contributed by atoms with van der Waals surface area (Å²) in [4.78, 5) is 4.43. The predicted molar refractivity (Wildman–Crippen MR) is 77.9 cm³/mol. The number of rotatable bonds is 8. The van der Waals surface area contributed by atoms with Crippen molar-refractivity contribution in [1.82, 2.24) is 20.1 Å². The highest BCUT2D eigenvalue weighted by Gasteiger charge is 2.31. The summed E-state index contributed by atoms with van der Waals surface area (Å²) < 4.78 is 2.08. The van der Waals surface area contributed by atoms with Crippen LogP contribution in [0, 0.1) is 17.8 Å². The van der Waals surface area contributed by atoms with E-state index < -0.39 is 0 Å². The molecule has 2 unspecified atom stereocenters. The van der Waals surface area contributed by atoms with Crippen molar-refractivity contribution in [3.8, 4) is 0 Å². The molecule has 4 nitrogen and oxygen atoms in total. The second-order valence-corrected chi connectivity index (χ2v) is 6.25. The molecule has 0 radical (unpaired) electrons. The van der Waals surface area contributed by atoms with E-state index in [0.717, 1.165) is 43.7 Å². The van der Waals surface area contributed by atoms with Gasteiger partial charge in [-0.1, -0.05) is 20.8 Å². The van der Waals surface area contributed by atoms with Gasteiger partial charge in [0.05, 0.1) is 0 Å². The van der Waals surface area contributed by atoms with Crippen molar-refractivity contribution in [3.63, 3.8) is 0 Å². The topological polar surface area (TPSA) is 42.7 Å². The molecule has 2 rings (SSSR count). The van der Waals surface area contributed by atoms with E-state index in [0.29, 0.717) is 0 Å². The first-order valence-electron chi connectivity index (χ1n) is 7.78. The SMILES string of the molecule is CCCn1ncnc1CC1CCC1CNCC(C)C. The average Bonchev–Trinajstić information content (AvgIpc) is 2.78. The quantitative estimate of drug-likeness (QED) is 0.784. The van der Waals surface area contributed by atoms with Gasteiger partial charge in [0.25, 0.3) is 0 Å². The van der Waals surface area contributed by atoms with Gasteiger partial charge < -0.3 is 5.32 Å². The third-order valence-corrected chi connectivity index (χ3v) is 4.11. The van der Waals surface area contributed by atoms with Crippen molar-refractivity contribution in [3.05, 3.63) is 12.2 Å². The third kappa shape index (κ3) is 4.03. The molecule has 1 aliphatic carbocycles. The Morgan fingerprint density at radius 3 is 2.79 bits per heavy atom. The molecular formula is C15H28N4. The number of nitrogens with zero attached hydrogens (tertiary/aromatic N) is 3. The lowest BCUT2D eigenvalue weighted by molar-refractivity contribution is 0.165. The molecule has 0 amide bonds. The molecule has 108 valence electrons. The van der Waals surface area contributed by atoms with Gasteiger partial charge in [0.1, 0.15) is 12.2 Å². The van der Waals surface area contributed by atoms with Gasteiger partial charge in [0.2, 0.25) is 0 Å². The first kappa shape index (κ1) is 14.5. The normalized spacial score (nSPS) is 22.7. The Balaban J connectivity index is 1.77. The highest BCUT2D eigenvalue weighted by molar-refractivity contribution is 4.93. The summed E-state index contributed by atoms with van der Waals surface area (Å²) in [6.07, 6.45) is 6.66. The second kappa shape index (κ2) is 7.04. The number of aromatic nitrogens is 3. The Bertz CT molecular complexity index is 372. The number of hydrogen-bond donors (Lipinski definition) is 1. The van der Waals surface area contributed by atoms with Crippen LogP contribution in [0.2, 0.25) is 0 Å². The lowest BCUT2D eigenvalue weighted by Gasteiger charge is -2.37. The zero-order chi connectivity index (χ0) is 13.7. The number of hydrogen-bond acceptors (Lipinski definition) is 3. The predicted octanol–water partition coefficient (Wildman–Crippen LogP) is 2.50. The maximum atomic E-state index is 4.43. The zero-order valence-electron chi connectivity index (χ0n) is 12.6. The Morgan fingerprint density at radius 1 is 1.37 bits per heavy atom. The van der Waals surface area contributed by atoms with E-state index in [2.05, 4.69) is 40.9 Å². The fraction of sp³-hybridized carbons (Fsp3) is 0.867. The standard InChI is InChI=1S/C15H28N4/c1-4-7-19-15(17-11-18-19)8-13-5-6-14(13)10-16-9-12(2)3/h11-14,16H,4-10H2,1-3H3. The molecular weight excluding hydrogens is 236 g/mol. The van der Waals surface area contributed by atoms with Crippen LogP contribution in [0.25, 0.3) is 0 Å². The molecule has 0 aliphatic heterocycles. The largest absolute Gasteiger partial charge is 0.316 e. The van der Waals surface area contributed by atoms with E-state index in [1.165, 1.54) is 25.2 Å². The van der Waals surface area contributed by atoms with Crippen molar-refractivity contribution < 1.29 is 0 Å². The van der Waals surface area contributed by atoms with Gasteiger partial charge in [-0.05, 0) is 50.1 Å². The molecule has 1 N–H and O–H groups in total. The third-order valence-electron chi connectivity index (χ3n) is 4.11. The Hall–Kier alpha value is -0.900. The highest BCUT2D eigenvalue weighted by Crippen LogP contribution is 2.35. The molecule has 1 fully saturated rings. The fourth-order valence-electron chi connectivity index (χ4n) is 2.81. The average molecular weight is 264 g/mol. The molecule has 1 saturated carbocycles. The smallest absolute Gasteiger partial charge is 0.138 e. The van der Waals surface area contributed by atoms with Crippen molar-refractivity contribution in [2.24, 2.45) is 17.8 Å². The minimum absolute atomic E-state index is 0.742. The van der Waals surface area contributed by atoms with Crippen LogP contribution in [0.5, 0.6) is 0 Å². The van der Waals surface area contributed by atoms with E-state index in [4.69, 9.17) is 0 Å². The monoisotopic (exact) mass is 264 g/mol. The van der Waals surface area contributed by atoms with E-state index in [9.17, 15) is 0 Å². The lowest BCUT2D eigenvalue weighted by atomic mass is 9.71. The molecule has 0 bridgehead atoms. The minimum Gasteiger partial charge on any atom is -0.316 e. The number of nitrogens with one attached hydrogen (secondary N) is 1. The molecule has 1 heterocycles. The summed E-state index contributed by atoms with van der Waals surface area (Å²) in [6.45, 7) is 10.0. The summed E-state index contributed by atoms with van der Waals surface area (Å²) in [5.41, 5.74) is 0. The molecule has 0 aromatic carbocycles. The molecule has 1 aromatic rings. The van der Waals surface area contributed by atoms with Crippen LogP contribution >= 0.6 is 0 Å². The summed E-state index contributed by atoms with van der Waals surface area (Å²) >= 11 is 0. The van der Waals surface area contributed by atoms with Crippen LogP contribution in [0.1, 0.15) is 45.9 Å². The first-order chi connectivity index (χ1) is 9.20. The van der Waals surface area contributed by atoms with Crippen LogP contribution in [0.3, 0.4) is 0 Å². The van der Waals surface area contributed by atoms with Crippen LogP contribution in [-0.2, 0) is 13.0 Å².